The highest BCUT2D eigenvalue weighted by molar-refractivity contribution is 5.99. The lowest BCUT2D eigenvalue weighted by Crippen LogP contribution is -2.32. The summed E-state index contributed by atoms with van der Waals surface area (Å²) in [6.07, 6.45) is 9.46. The highest BCUT2D eigenvalue weighted by Gasteiger charge is 2.18. The van der Waals surface area contributed by atoms with Crippen LogP contribution in [0.5, 0.6) is 0 Å². The summed E-state index contributed by atoms with van der Waals surface area (Å²) in [6.45, 7) is 2.12. The average Bonchev–Trinajstić information content (AvgIpc) is 2.26. The van der Waals surface area contributed by atoms with Crippen LogP contribution in [0, 0.1) is 0 Å². The summed E-state index contributed by atoms with van der Waals surface area (Å²) in [7, 11) is 0. The van der Waals surface area contributed by atoms with Gasteiger partial charge in [0.2, 0.25) is 0 Å². The van der Waals surface area contributed by atoms with E-state index >= 15 is 0 Å². The molecular weight excluding hydrogens is 174 g/mol. The van der Waals surface area contributed by atoms with Gasteiger partial charge in [-0.2, -0.15) is 0 Å². The Morgan fingerprint density at radius 1 is 1.57 bits per heavy atom. The van der Waals surface area contributed by atoms with Gasteiger partial charge in [0, 0.05) is 0 Å². The summed E-state index contributed by atoms with van der Waals surface area (Å²) in [5, 5.41) is 0. The first-order chi connectivity index (χ1) is 6.75. The van der Waals surface area contributed by atoms with Crippen molar-refractivity contribution in [2.45, 2.75) is 57.9 Å². The van der Waals surface area contributed by atoms with Crippen LogP contribution >= 0.6 is 0 Å². The van der Waals surface area contributed by atoms with Gasteiger partial charge in [0.05, 0.1) is 6.04 Å². The SMILES string of the molecule is CCCCC(N)C(=O)C1=CCCCC1. The van der Waals surface area contributed by atoms with Gasteiger partial charge in [0.25, 0.3) is 0 Å². The summed E-state index contributed by atoms with van der Waals surface area (Å²) < 4.78 is 0. The molecule has 80 valence electrons. The van der Waals surface area contributed by atoms with E-state index in [9.17, 15) is 4.79 Å². The molecule has 0 radical (unpaired) electrons. The zero-order valence-electron chi connectivity index (χ0n) is 9.09. The molecule has 1 aliphatic carbocycles. The Hall–Kier alpha value is -0.630. The van der Waals surface area contributed by atoms with E-state index in [0.29, 0.717) is 0 Å². The molecule has 2 nitrogen and oxygen atoms in total. The predicted molar refractivity (Wildman–Crippen MR) is 59.1 cm³/mol. The minimum atomic E-state index is -0.251. The van der Waals surface area contributed by atoms with E-state index in [1.165, 1.54) is 6.42 Å². The number of allylic oxidation sites excluding steroid dienone is 1. The maximum absolute atomic E-state index is 11.8. The first-order valence-corrected chi connectivity index (χ1v) is 5.74. The number of ketones is 1. The normalized spacial score (nSPS) is 18.9. The molecular formula is C12H21NO. The zero-order valence-corrected chi connectivity index (χ0v) is 9.09. The summed E-state index contributed by atoms with van der Waals surface area (Å²) in [5.74, 6) is 0.193. The molecule has 0 aromatic rings. The van der Waals surface area contributed by atoms with Crippen molar-refractivity contribution in [3.8, 4) is 0 Å². The molecule has 0 heterocycles. The zero-order chi connectivity index (χ0) is 10.4. The van der Waals surface area contributed by atoms with E-state index in [0.717, 1.165) is 44.1 Å². The highest BCUT2D eigenvalue weighted by atomic mass is 16.1. The van der Waals surface area contributed by atoms with Gasteiger partial charge >= 0.3 is 0 Å². The molecule has 2 N–H and O–H groups in total. The summed E-state index contributed by atoms with van der Waals surface area (Å²) in [5.41, 5.74) is 6.83. The summed E-state index contributed by atoms with van der Waals surface area (Å²) in [4.78, 5) is 11.8. The third-order valence-corrected chi connectivity index (χ3v) is 2.81. The Balaban J connectivity index is 2.42. The van der Waals surface area contributed by atoms with Crippen LogP contribution in [0.2, 0.25) is 0 Å². The van der Waals surface area contributed by atoms with E-state index in [4.69, 9.17) is 5.73 Å². The van der Waals surface area contributed by atoms with Gasteiger partial charge in [-0.25, -0.2) is 0 Å². The van der Waals surface area contributed by atoms with Crippen LogP contribution in [0.25, 0.3) is 0 Å². The number of unbranched alkanes of at least 4 members (excludes halogenated alkanes) is 1. The van der Waals surface area contributed by atoms with Gasteiger partial charge in [0.1, 0.15) is 0 Å². The number of carbonyl (C=O) groups excluding carboxylic acids is 1. The quantitative estimate of drug-likeness (QED) is 0.732. The van der Waals surface area contributed by atoms with Crippen LogP contribution in [0.3, 0.4) is 0 Å². The third kappa shape index (κ3) is 3.26. The molecule has 0 amide bonds. The smallest absolute Gasteiger partial charge is 0.175 e. The lowest BCUT2D eigenvalue weighted by Gasteiger charge is -2.15. The molecule has 0 aromatic carbocycles. The van der Waals surface area contributed by atoms with E-state index in [1.807, 2.05) is 0 Å². The fourth-order valence-electron chi connectivity index (χ4n) is 1.86. The highest BCUT2D eigenvalue weighted by Crippen LogP contribution is 2.19. The molecule has 0 spiro atoms. The molecule has 0 bridgehead atoms. The summed E-state index contributed by atoms with van der Waals surface area (Å²) in [6, 6.07) is -0.251. The maximum atomic E-state index is 11.8. The Bertz CT molecular complexity index is 220. The van der Waals surface area contributed by atoms with Gasteiger partial charge < -0.3 is 5.73 Å². The van der Waals surface area contributed by atoms with Crippen molar-refractivity contribution < 1.29 is 4.79 Å². The molecule has 0 aliphatic heterocycles. The van der Waals surface area contributed by atoms with Gasteiger partial charge in [-0.3, -0.25) is 4.79 Å². The minimum Gasteiger partial charge on any atom is -0.321 e. The largest absolute Gasteiger partial charge is 0.321 e. The second-order valence-electron chi connectivity index (χ2n) is 4.09. The number of hydrogen-bond acceptors (Lipinski definition) is 2. The molecule has 14 heavy (non-hydrogen) atoms. The van der Waals surface area contributed by atoms with Crippen molar-refractivity contribution in [1.29, 1.82) is 0 Å². The molecule has 0 fully saturated rings. The van der Waals surface area contributed by atoms with Crippen LogP contribution in [0.1, 0.15) is 51.9 Å². The van der Waals surface area contributed by atoms with Crippen molar-refractivity contribution in [3.63, 3.8) is 0 Å². The first-order valence-electron chi connectivity index (χ1n) is 5.74. The van der Waals surface area contributed by atoms with Crippen LogP contribution in [-0.4, -0.2) is 11.8 Å². The van der Waals surface area contributed by atoms with Gasteiger partial charge in [-0.05, 0) is 37.7 Å². The lowest BCUT2D eigenvalue weighted by atomic mass is 9.92. The van der Waals surface area contributed by atoms with Crippen molar-refractivity contribution in [2.75, 3.05) is 0 Å². The van der Waals surface area contributed by atoms with Crippen molar-refractivity contribution in [3.05, 3.63) is 11.6 Å². The van der Waals surface area contributed by atoms with E-state index in [1.54, 1.807) is 0 Å². The van der Waals surface area contributed by atoms with Crippen molar-refractivity contribution >= 4 is 5.78 Å². The topological polar surface area (TPSA) is 43.1 Å². The first kappa shape index (κ1) is 11.4. The average molecular weight is 195 g/mol. The molecule has 0 saturated heterocycles. The monoisotopic (exact) mass is 195 g/mol. The van der Waals surface area contributed by atoms with Gasteiger partial charge in [0.15, 0.2) is 5.78 Å². The number of rotatable bonds is 5. The molecule has 0 saturated carbocycles. The molecule has 1 aliphatic rings. The molecule has 1 atom stereocenters. The number of carbonyl (C=O) groups is 1. The molecule has 1 unspecified atom stereocenters. The fraction of sp³-hybridized carbons (Fsp3) is 0.750. The third-order valence-electron chi connectivity index (χ3n) is 2.81. The Morgan fingerprint density at radius 3 is 2.93 bits per heavy atom. The number of Topliss-reactive ketones (excluding diaryl/α,β-unsaturated/α-hetero) is 1. The second-order valence-corrected chi connectivity index (χ2v) is 4.09. The van der Waals surface area contributed by atoms with Crippen LogP contribution < -0.4 is 5.73 Å². The fourth-order valence-corrected chi connectivity index (χ4v) is 1.86. The van der Waals surface area contributed by atoms with Gasteiger partial charge in [-0.15, -0.1) is 0 Å². The molecule has 0 aromatic heterocycles. The predicted octanol–water partition coefficient (Wildman–Crippen LogP) is 2.57. The van der Waals surface area contributed by atoms with Crippen molar-refractivity contribution in [2.24, 2.45) is 5.73 Å². The van der Waals surface area contributed by atoms with E-state index in [-0.39, 0.29) is 11.8 Å². The van der Waals surface area contributed by atoms with E-state index in [2.05, 4.69) is 13.0 Å². The second kappa shape index (κ2) is 5.97. The Morgan fingerprint density at radius 2 is 2.36 bits per heavy atom. The van der Waals surface area contributed by atoms with Crippen LogP contribution in [-0.2, 0) is 4.79 Å². The van der Waals surface area contributed by atoms with Crippen LogP contribution in [0.15, 0.2) is 11.6 Å². The molecule has 1 rings (SSSR count). The Kier molecular flexibility index (Phi) is 4.88. The number of nitrogens with two attached hydrogens (primary N) is 1. The standard InChI is InChI=1S/C12H21NO/c1-2-3-9-11(13)12(14)10-7-5-4-6-8-10/h7,11H,2-6,8-9,13H2,1H3. The Labute approximate surface area is 86.6 Å². The maximum Gasteiger partial charge on any atom is 0.175 e. The minimum absolute atomic E-state index is 0.193. The lowest BCUT2D eigenvalue weighted by molar-refractivity contribution is -0.117. The van der Waals surface area contributed by atoms with Crippen LogP contribution in [0.4, 0.5) is 0 Å². The molecule has 2 heteroatoms. The van der Waals surface area contributed by atoms with Gasteiger partial charge in [-0.1, -0.05) is 25.8 Å². The number of hydrogen-bond donors (Lipinski definition) is 1. The van der Waals surface area contributed by atoms with E-state index < -0.39 is 0 Å². The summed E-state index contributed by atoms with van der Waals surface area (Å²) >= 11 is 0. The van der Waals surface area contributed by atoms with Crippen molar-refractivity contribution in [1.82, 2.24) is 0 Å².